The molecule has 0 saturated heterocycles. The highest BCUT2D eigenvalue weighted by Gasteiger charge is 2.20. The molecular weight excluding hydrogens is 246 g/mol. The van der Waals surface area contributed by atoms with Crippen molar-refractivity contribution >= 4 is 27.9 Å². The summed E-state index contributed by atoms with van der Waals surface area (Å²) in [6.45, 7) is 0. The van der Waals surface area contributed by atoms with Gasteiger partial charge in [-0.05, 0) is 43.4 Å². The van der Waals surface area contributed by atoms with Crippen LogP contribution in [0.3, 0.4) is 0 Å². The Morgan fingerprint density at radius 2 is 1.89 bits per heavy atom. The molecule has 0 bridgehead atoms. The Balaban J connectivity index is 2.33. The molecule has 0 saturated carbocycles. The SMILES string of the molecule is O=c1ccn2c3c(c4cc(Cl)cc1c42)CCCC3. The van der Waals surface area contributed by atoms with Gasteiger partial charge in [0.25, 0.3) is 0 Å². The number of pyridine rings is 1. The minimum atomic E-state index is 0.0600. The second-order valence-electron chi connectivity index (χ2n) is 5.03. The number of rotatable bonds is 0. The summed E-state index contributed by atoms with van der Waals surface area (Å²) in [6.07, 6.45) is 6.57. The van der Waals surface area contributed by atoms with E-state index in [0.29, 0.717) is 5.02 Å². The number of fused-ring (bicyclic) bond motifs is 3. The molecule has 0 atom stereocenters. The Labute approximate surface area is 109 Å². The van der Waals surface area contributed by atoms with Crippen LogP contribution in [-0.2, 0) is 12.8 Å². The zero-order chi connectivity index (χ0) is 12.3. The van der Waals surface area contributed by atoms with Crippen LogP contribution < -0.4 is 5.43 Å². The van der Waals surface area contributed by atoms with Crippen LogP contribution in [0.15, 0.2) is 29.2 Å². The Morgan fingerprint density at radius 1 is 1.11 bits per heavy atom. The molecule has 0 amide bonds. The smallest absolute Gasteiger partial charge is 0.189 e. The van der Waals surface area contributed by atoms with Gasteiger partial charge in [0.05, 0.1) is 5.52 Å². The van der Waals surface area contributed by atoms with E-state index in [0.717, 1.165) is 23.7 Å². The number of hydrogen-bond acceptors (Lipinski definition) is 1. The van der Waals surface area contributed by atoms with Crippen LogP contribution >= 0.6 is 11.6 Å². The molecule has 0 fully saturated rings. The van der Waals surface area contributed by atoms with Crippen molar-refractivity contribution in [3.8, 4) is 0 Å². The monoisotopic (exact) mass is 257 g/mol. The predicted octanol–water partition coefficient (Wildman–Crippen LogP) is 3.42. The third-order valence-corrected chi connectivity index (χ3v) is 4.23. The van der Waals surface area contributed by atoms with Gasteiger partial charge in [-0.2, -0.15) is 0 Å². The molecule has 3 heteroatoms. The fourth-order valence-corrected chi connectivity index (χ4v) is 3.47. The van der Waals surface area contributed by atoms with Crippen LogP contribution in [0.4, 0.5) is 0 Å². The molecule has 0 N–H and O–H groups in total. The summed E-state index contributed by atoms with van der Waals surface area (Å²) < 4.78 is 2.19. The standard InChI is InChI=1S/C15H12ClNO/c16-9-7-11-10-3-1-2-4-13(10)17-6-5-14(18)12(8-9)15(11)17/h5-8H,1-4H2. The number of aromatic nitrogens is 1. The molecular formula is C15H12ClNO. The molecule has 2 aromatic heterocycles. The molecule has 1 aliphatic carbocycles. The lowest BCUT2D eigenvalue weighted by molar-refractivity contribution is 0.671. The Morgan fingerprint density at radius 3 is 2.78 bits per heavy atom. The molecule has 4 rings (SSSR count). The van der Waals surface area contributed by atoms with Crippen LogP contribution in [0.1, 0.15) is 24.1 Å². The van der Waals surface area contributed by atoms with E-state index in [1.807, 2.05) is 12.3 Å². The lowest BCUT2D eigenvalue weighted by atomic mass is 9.95. The van der Waals surface area contributed by atoms with Crippen molar-refractivity contribution in [3.63, 3.8) is 0 Å². The van der Waals surface area contributed by atoms with E-state index < -0.39 is 0 Å². The molecule has 2 nitrogen and oxygen atoms in total. The fourth-order valence-electron chi connectivity index (χ4n) is 3.25. The first-order valence-corrected chi connectivity index (χ1v) is 6.71. The summed E-state index contributed by atoms with van der Waals surface area (Å²) in [5, 5.41) is 2.57. The molecule has 3 aromatic rings. The third-order valence-electron chi connectivity index (χ3n) is 4.01. The Hall–Kier alpha value is -1.54. The van der Waals surface area contributed by atoms with Crippen molar-refractivity contribution in [1.29, 1.82) is 0 Å². The zero-order valence-corrected chi connectivity index (χ0v) is 10.6. The van der Waals surface area contributed by atoms with Crippen LogP contribution in [0.25, 0.3) is 16.3 Å². The van der Waals surface area contributed by atoms with Crippen LogP contribution in [-0.4, -0.2) is 4.40 Å². The molecule has 0 unspecified atom stereocenters. The summed E-state index contributed by atoms with van der Waals surface area (Å²) in [5.74, 6) is 0. The van der Waals surface area contributed by atoms with Crippen molar-refractivity contribution in [1.82, 2.24) is 4.40 Å². The lowest BCUT2D eigenvalue weighted by Crippen LogP contribution is -2.05. The molecule has 90 valence electrons. The van der Waals surface area contributed by atoms with E-state index in [1.54, 1.807) is 12.1 Å². The van der Waals surface area contributed by atoms with Gasteiger partial charge in [0.2, 0.25) is 0 Å². The van der Waals surface area contributed by atoms with Crippen molar-refractivity contribution in [2.24, 2.45) is 0 Å². The molecule has 1 aliphatic rings. The number of nitrogens with zero attached hydrogens (tertiary/aromatic N) is 1. The van der Waals surface area contributed by atoms with E-state index in [1.165, 1.54) is 29.5 Å². The Kier molecular flexibility index (Phi) is 2.01. The van der Waals surface area contributed by atoms with Gasteiger partial charge in [-0.15, -0.1) is 0 Å². The first kappa shape index (κ1) is 10.4. The summed E-state index contributed by atoms with van der Waals surface area (Å²) in [4.78, 5) is 12.0. The minimum absolute atomic E-state index is 0.0600. The normalized spacial score (nSPS) is 15.4. The van der Waals surface area contributed by atoms with Gasteiger partial charge in [-0.3, -0.25) is 4.79 Å². The average Bonchev–Trinajstić information content (AvgIpc) is 2.69. The maximum Gasteiger partial charge on any atom is 0.189 e. The van der Waals surface area contributed by atoms with Crippen LogP contribution in [0, 0.1) is 0 Å². The topological polar surface area (TPSA) is 21.5 Å². The van der Waals surface area contributed by atoms with E-state index in [2.05, 4.69) is 4.40 Å². The summed E-state index contributed by atoms with van der Waals surface area (Å²) in [7, 11) is 0. The molecule has 18 heavy (non-hydrogen) atoms. The molecule has 0 aliphatic heterocycles. The predicted molar refractivity (Wildman–Crippen MR) is 74.0 cm³/mol. The van der Waals surface area contributed by atoms with Gasteiger partial charge < -0.3 is 4.40 Å². The minimum Gasteiger partial charge on any atom is -0.319 e. The summed E-state index contributed by atoms with van der Waals surface area (Å²) in [5.41, 5.74) is 3.87. The largest absolute Gasteiger partial charge is 0.319 e. The van der Waals surface area contributed by atoms with E-state index >= 15 is 0 Å². The van der Waals surface area contributed by atoms with Crippen molar-refractivity contribution in [2.45, 2.75) is 25.7 Å². The fraction of sp³-hybridized carbons (Fsp3) is 0.267. The van der Waals surface area contributed by atoms with Gasteiger partial charge in [-0.1, -0.05) is 11.6 Å². The van der Waals surface area contributed by atoms with E-state index in [-0.39, 0.29) is 5.43 Å². The van der Waals surface area contributed by atoms with Gasteiger partial charge in [0.15, 0.2) is 5.43 Å². The van der Waals surface area contributed by atoms with Gasteiger partial charge in [0, 0.05) is 33.8 Å². The quantitative estimate of drug-likeness (QED) is 0.605. The molecule has 0 spiro atoms. The number of hydrogen-bond donors (Lipinski definition) is 0. The first-order chi connectivity index (χ1) is 8.75. The molecule has 1 aromatic carbocycles. The van der Waals surface area contributed by atoms with Crippen LogP contribution in [0.2, 0.25) is 5.02 Å². The van der Waals surface area contributed by atoms with Crippen molar-refractivity contribution in [2.75, 3.05) is 0 Å². The highest BCUT2D eigenvalue weighted by molar-refractivity contribution is 6.32. The van der Waals surface area contributed by atoms with Gasteiger partial charge in [-0.25, -0.2) is 0 Å². The summed E-state index contributed by atoms with van der Waals surface area (Å²) >= 11 is 6.16. The first-order valence-electron chi connectivity index (χ1n) is 6.33. The molecule has 0 radical (unpaired) electrons. The second-order valence-corrected chi connectivity index (χ2v) is 5.47. The second kappa shape index (κ2) is 3.48. The number of halogens is 1. The summed E-state index contributed by atoms with van der Waals surface area (Å²) in [6, 6.07) is 5.44. The number of aryl methyl sites for hydroxylation is 2. The van der Waals surface area contributed by atoms with Gasteiger partial charge >= 0.3 is 0 Å². The molecule has 2 heterocycles. The maximum atomic E-state index is 12.0. The van der Waals surface area contributed by atoms with Crippen molar-refractivity contribution in [3.05, 3.63) is 50.9 Å². The van der Waals surface area contributed by atoms with Crippen molar-refractivity contribution < 1.29 is 0 Å². The van der Waals surface area contributed by atoms with Gasteiger partial charge in [0.1, 0.15) is 0 Å². The van der Waals surface area contributed by atoms with E-state index in [4.69, 9.17) is 11.6 Å². The highest BCUT2D eigenvalue weighted by atomic mass is 35.5. The lowest BCUT2D eigenvalue weighted by Gasteiger charge is -2.11. The maximum absolute atomic E-state index is 12.0. The number of benzene rings is 1. The zero-order valence-electron chi connectivity index (χ0n) is 9.87. The average molecular weight is 258 g/mol. The van der Waals surface area contributed by atoms with E-state index in [9.17, 15) is 4.79 Å². The highest BCUT2D eigenvalue weighted by Crippen LogP contribution is 2.34. The Bertz CT molecular complexity index is 818. The van der Waals surface area contributed by atoms with Crippen LogP contribution in [0.5, 0.6) is 0 Å². The third kappa shape index (κ3) is 1.21.